The Morgan fingerprint density at radius 2 is 1.70 bits per heavy atom. The third kappa shape index (κ3) is 5.28. The van der Waals surface area contributed by atoms with Crippen molar-refractivity contribution in [1.29, 1.82) is 0 Å². The molecule has 14 heteroatoms. The van der Waals surface area contributed by atoms with Gasteiger partial charge in [0.05, 0.1) is 10.7 Å². The van der Waals surface area contributed by atoms with Gasteiger partial charge in [-0.2, -0.15) is 13.2 Å². The third-order valence-electron chi connectivity index (χ3n) is 6.32. The number of halogens is 4. The molecule has 0 amide bonds. The number of aromatic amines is 1. The first-order valence-corrected chi connectivity index (χ1v) is 14.6. The fourth-order valence-corrected chi connectivity index (χ4v) is 6.99. The zero-order valence-corrected chi connectivity index (χ0v) is 21.6. The normalized spacial score (nSPS) is 16.7. The summed E-state index contributed by atoms with van der Waals surface area (Å²) in [4.78, 5) is 15.1. The van der Waals surface area contributed by atoms with Gasteiger partial charge in [0.15, 0.2) is 0 Å². The van der Waals surface area contributed by atoms with Crippen molar-refractivity contribution in [3.63, 3.8) is 0 Å². The molecule has 3 aromatic rings. The van der Waals surface area contributed by atoms with E-state index in [0.29, 0.717) is 18.4 Å². The van der Waals surface area contributed by atoms with E-state index in [0.717, 1.165) is 19.3 Å². The van der Waals surface area contributed by atoms with Gasteiger partial charge < -0.3 is 10.7 Å². The molecule has 0 spiro atoms. The van der Waals surface area contributed by atoms with E-state index < -0.39 is 36.5 Å². The molecule has 1 aliphatic rings. The monoisotopic (exact) mass is 577 g/mol. The molecule has 0 radical (unpaired) electrons. The summed E-state index contributed by atoms with van der Waals surface area (Å²) in [5.41, 5.74) is 0.256. The van der Waals surface area contributed by atoms with Crippen molar-refractivity contribution in [3.05, 3.63) is 53.1 Å². The Bertz CT molecular complexity index is 1560. The molecule has 8 nitrogen and oxygen atoms in total. The molecule has 1 unspecified atom stereocenters. The second kappa shape index (κ2) is 10.0. The summed E-state index contributed by atoms with van der Waals surface area (Å²) in [6.45, 7) is 0. The zero-order chi connectivity index (χ0) is 27.2. The van der Waals surface area contributed by atoms with Gasteiger partial charge in [0, 0.05) is 22.5 Å². The summed E-state index contributed by atoms with van der Waals surface area (Å²) in [6, 6.07) is 7.56. The van der Waals surface area contributed by atoms with Crippen molar-refractivity contribution >= 4 is 47.5 Å². The van der Waals surface area contributed by atoms with E-state index in [-0.39, 0.29) is 38.2 Å². The van der Waals surface area contributed by atoms with Crippen LogP contribution >= 0.6 is 11.6 Å². The summed E-state index contributed by atoms with van der Waals surface area (Å²) in [6.07, 6.45) is 4.12. The Balaban J connectivity index is 1.83. The second-order valence-corrected chi connectivity index (χ2v) is 12.8. The summed E-state index contributed by atoms with van der Waals surface area (Å²) < 4.78 is 91.9. The largest absolute Gasteiger partial charge is 0.504 e. The lowest BCUT2D eigenvalue weighted by Gasteiger charge is -2.23. The number of fused-ring (bicyclic) bond motifs is 1. The highest BCUT2D eigenvalue weighted by Crippen LogP contribution is 2.38. The van der Waals surface area contributed by atoms with E-state index in [1.165, 1.54) is 30.3 Å². The molecule has 4 rings (SSSR count). The van der Waals surface area contributed by atoms with E-state index in [4.69, 9.17) is 17.3 Å². The van der Waals surface area contributed by atoms with Gasteiger partial charge >= 0.3 is 15.3 Å². The molecule has 0 saturated heterocycles. The summed E-state index contributed by atoms with van der Waals surface area (Å²) in [5.74, 6) is 0. The smallest absolute Gasteiger partial charge is 0.354 e. The molecule has 0 aliphatic heterocycles. The summed E-state index contributed by atoms with van der Waals surface area (Å²) in [5, 5.41) is -2.12. The van der Waals surface area contributed by atoms with E-state index in [9.17, 15) is 34.8 Å². The lowest BCUT2D eigenvalue weighted by Crippen LogP contribution is -2.37. The predicted octanol–water partition coefficient (Wildman–Crippen LogP) is 4.56. The topological polar surface area (TPSA) is 139 Å². The van der Waals surface area contributed by atoms with E-state index in [1.54, 1.807) is 12.1 Å². The number of benzene rings is 2. The Hall–Kier alpha value is -2.45. The predicted molar refractivity (Wildman–Crippen MR) is 133 cm³/mol. The van der Waals surface area contributed by atoms with Crippen molar-refractivity contribution < 1.29 is 34.8 Å². The summed E-state index contributed by atoms with van der Waals surface area (Å²) in [7, 11) is -10.3. The number of aromatic nitrogens is 1. The number of alkyl halides is 3. The zero-order valence-electron chi connectivity index (χ0n) is 19.2. The van der Waals surface area contributed by atoms with Gasteiger partial charge in [-0.05, 0) is 36.6 Å². The Labute approximate surface area is 216 Å². The van der Waals surface area contributed by atoms with Gasteiger partial charge in [-0.15, -0.1) is 0 Å². The first-order chi connectivity index (χ1) is 17.2. The highest BCUT2D eigenvalue weighted by molar-refractivity contribution is 8.06. The molecule has 1 saturated carbocycles. The van der Waals surface area contributed by atoms with Crippen LogP contribution in [-0.2, 0) is 24.7 Å². The molecular weight excluding hydrogens is 555 g/mol. The van der Waals surface area contributed by atoms with Crippen LogP contribution in [0, 0.1) is 0 Å². The van der Waals surface area contributed by atoms with Crippen LogP contribution in [0.4, 0.5) is 13.2 Å². The van der Waals surface area contributed by atoms with Crippen molar-refractivity contribution in [1.82, 2.24) is 9.71 Å². The minimum atomic E-state index is -6.23. The SMILES string of the molecule is NC(C(=O)S(=O)(=O)C(F)(F)F)c1c(-c2ccc(Cl)c(S(=O)(=O)NC3CCCCC3)c2)[nH]c2ccccc12. The molecule has 1 aliphatic carbocycles. The standard InChI is InChI=1S/C23H23ClF3N3O5S2/c24-16-11-10-13(12-18(16)37(34,35)30-14-6-2-1-3-7-14)21-19(15-8-4-5-9-17(15)29-21)20(28)22(31)36(32,33)23(25,26)27/h4-5,8-12,14,20,29-30H,1-3,6-7,28H2. The van der Waals surface area contributed by atoms with Crippen LogP contribution < -0.4 is 10.5 Å². The van der Waals surface area contributed by atoms with Gasteiger partial charge in [-0.1, -0.05) is 55.1 Å². The average Bonchev–Trinajstić information content (AvgIpc) is 3.22. The highest BCUT2D eigenvalue weighted by atomic mass is 35.5. The Morgan fingerprint density at radius 3 is 2.35 bits per heavy atom. The fraction of sp³-hybridized carbons (Fsp3) is 0.348. The van der Waals surface area contributed by atoms with E-state index >= 15 is 0 Å². The number of carbonyl (C=O) groups is 1. The van der Waals surface area contributed by atoms with Gasteiger partial charge in [0.25, 0.3) is 5.12 Å². The number of H-pyrrole nitrogens is 1. The number of carbonyl (C=O) groups excluding carboxylic acids is 1. The quantitative estimate of drug-likeness (QED) is 0.392. The molecule has 1 atom stereocenters. The number of para-hydroxylation sites is 1. The van der Waals surface area contributed by atoms with Crippen LogP contribution in [0.3, 0.4) is 0 Å². The molecule has 4 N–H and O–H groups in total. The maximum Gasteiger partial charge on any atom is 0.504 e. The van der Waals surface area contributed by atoms with Crippen molar-refractivity contribution in [2.24, 2.45) is 5.73 Å². The van der Waals surface area contributed by atoms with E-state index in [2.05, 4.69) is 9.71 Å². The maximum atomic E-state index is 13.2. The first-order valence-electron chi connectivity index (χ1n) is 11.3. The van der Waals surface area contributed by atoms with Crippen LogP contribution in [0.1, 0.15) is 43.7 Å². The Morgan fingerprint density at radius 1 is 1.05 bits per heavy atom. The number of sulfone groups is 1. The minimum absolute atomic E-state index is 0.00907. The molecule has 37 heavy (non-hydrogen) atoms. The molecule has 1 aromatic heterocycles. The van der Waals surface area contributed by atoms with E-state index in [1.807, 2.05) is 0 Å². The summed E-state index contributed by atoms with van der Waals surface area (Å²) >= 11 is 6.21. The van der Waals surface area contributed by atoms with Crippen molar-refractivity contribution in [2.45, 2.75) is 54.6 Å². The number of rotatable bonds is 6. The molecular formula is C23H23ClF3N3O5S2. The Kier molecular flexibility index (Phi) is 7.47. The van der Waals surface area contributed by atoms with Crippen LogP contribution in [0.25, 0.3) is 22.2 Å². The number of hydrogen-bond acceptors (Lipinski definition) is 6. The first kappa shape index (κ1) is 27.6. The van der Waals surface area contributed by atoms with Gasteiger partial charge in [0.2, 0.25) is 10.0 Å². The lowest BCUT2D eigenvalue weighted by atomic mass is 9.96. The fourth-order valence-electron chi connectivity index (χ4n) is 4.48. The molecule has 2 aromatic carbocycles. The minimum Gasteiger partial charge on any atom is -0.354 e. The van der Waals surface area contributed by atoms with Gasteiger partial charge in [-0.25, -0.2) is 21.6 Å². The molecule has 200 valence electrons. The van der Waals surface area contributed by atoms with Crippen LogP contribution in [0.5, 0.6) is 0 Å². The number of hydrogen-bond donors (Lipinski definition) is 3. The number of sulfonamides is 1. The van der Waals surface area contributed by atoms with Gasteiger partial charge in [-0.3, -0.25) is 4.79 Å². The van der Waals surface area contributed by atoms with Crippen LogP contribution in [0.2, 0.25) is 5.02 Å². The maximum absolute atomic E-state index is 13.2. The van der Waals surface area contributed by atoms with Crippen LogP contribution in [0.15, 0.2) is 47.4 Å². The third-order valence-corrected chi connectivity index (χ3v) is 9.71. The van der Waals surface area contributed by atoms with Crippen molar-refractivity contribution in [3.8, 4) is 11.3 Å². The molecule has 1 fully saturated rings. The molecule has 0 bridgehead atoms. The van der Waals surface area contributed by atoms with Crippen molar-refractivity contribution in [2.75, 3.05) is 0 Å². The van der Waals surface area contributed by atoms with Gasteiger partial charge in [0.1, 0.15) is 10.9 Å². The second-order valence-electron chi connectivity index (χ2n) is 8.81. The molecule has 1 heterocycles. The highest BCUT2D eigenvalue weighted by Gasteiger charge is 2.53. The average molecular weight is 578 g/mol. The number of nitrogens with two attached hydrogens (primary N) is 1. The lowest BCUT2D eigenvalue weighted by molar-refractivity contribution is -0.115. The number of nitrogens with one attached hydrogen (secondary N) is 2. The van der Waals surface area contributed by atoms with Crippen LogP contribution in [-0.4, -0.2) is 38.5 Å².